The lowest BCUT2D eigenvalue weighted by atomic mass is 10.2. The van der Waals surface area contributed by atoms with Crippen molar-refractivity contribution in [3.05, 3.63) is 47.4 Å². The average molecular weight is 505 g/mol. The number of aliphatic imine (C=N–C) groups is 1. The lowest BCUT2D eigenvalue weighted by molar-refractivity contribution is 0.379. The van der Waals surface area contributed by atoms with Crippen LogP contribution in [-0.2, 0) is 13.0 Å². The maximum Gasteiger partial charge on any atom is 0.191 e. The minimum Gasteiger partial charge on any atom is -0.367 e. The smallest absolute Gasteiger partial charge is 0.191 e. The number of hydrogen-bond donors (Lipinski definition) is 2. The van der Waals surface area contributed by atoms with Crippen molar-refractivity contribution < 1.29 is 13.3 Å². The maximum absolute atomic E-state index is 14.0. The van der Waals surface area contributed by atoms with E-state index in [0.29, 0.717) is 37.0 Å². The molecule has 1 aliphatic rings. The molecule has 0 spiro atoms. The van der Waals surface area contributed by atoms with Crippen molar-refractivity contribution in [2.24, 2.45) is 4.99 Å². The van der Waals surface area contributed by atoms with Crippen LogP contribution >= 0.6 is 24.0 Å². The lowest BCUT2D eigenvalue weighted by Gasteiger charge is -2.20. The third kappa shape index (κ3) is 5.79. The summed E-state index contributed by atoms with van der Waals surface area (Å²) in [5, 5.41) is 10.6. The highest BCUT2D eigenvalue weighted by atomic mass is 127. The third-order valence-electron chi connectivity index (χ3n) is 4.49. The van der Waals surface area contributed by atoms with Gasteiger partial charge in [0.15, 0.2) is 11.7 Å². The minimum atomic E-state index is -0.565. The Balaban J connectivity index is 0.00000280. The summed E-state index contributed by atoms with van der Waals surface area (Å²) < 4.78 is 32.4. The molecule has 0 saturated carbocycles. The number of benzene rings is 1. The Labute approximate surface area is 180 Å². The van der Waals surface area contributed by atoms with E-state index in [0.717, 1.165) is 31.1 Å². The fourth-order valence-corrected chi connectivity index (χ4v) is 3.10. The van der Waals surface area contributed by atoms with Crippen LogP contribution in [0.25, 0.3) is 0 Å². The molecule has 1 aromatic carbocycles. The van der Waals surface area contributed by atoms with Gasteiger partial charge in [0.05, 0.1) is 11.4 Å². The minimum absolute atomic E-state index is 0. The highest BCUT2D eigenvalue weighted by molar-refractivity contribution is 14.0. The number of halogens is 3. The number of aryl methyl sites for hydroxylation is 1. The molecule has 28 heavy (non-hydrogen) atoms. The van der Waals surface area contributed by atoms with Crippen LogP contribution in [0.2, 0.25) is 0 Å². The van der Waals surface area contributed by atoms with E-state index in [-0.39, 0.29) is 30.0 Å². The molecule has 2 heterocycles. The largest absolute Gasteiger partial charge is 0.367 e. The summed E-state index contributed by atoms with van der Waals surface area (Å²) in [6.07, 6.45) is 1.66. The van der Waals surface area contributed by atoms with Crippen molar-refractivity contribution in [3.8, 4) is 0 Å². The van der Waals surface area contributed by atoms with Gasteiger partial charge in [-0.3, -0.25) is 0 Å². The standard InChI is InChI=1S/C19H25F2N5O.HI/c1-3-14-10-16(27-25-14)11-23-19(22-4-2)24-15-7-8-26(12-15)18-6-5-13(20)9-17(18)21;/h5-6,9-10,15H,3-4,7-8,11-12H2,1-2H3,(H2,22,23,24);1H. The number of nitrogens with zero attached hydrogens (tertiary/aromatic N) is 3. The summed E-state index contributed by atoms with van der Waals surface area (Å²) in [5.41, 5.74) is 1.34. The average Bonchev–Trinajstić information content (AvgIpc) is 3.29. The van der Waals surface area contributed by atoms with Gasteiger partial charge >= 0.3 is 0 Å². The molecule has 0 amide bonds. The zero-order chi connectivity index (χ0) is 19.2. The first-order valence-electron chi connectivity index (χ1n) is 9.28. The molecule has 9 heteroatoms. The summed E-state index contributed by atoms with van der Waals surface area (Å²) in [6, 6.07) is 5.72. The molecule has 0 bridgehead atoms. The molecule has 3 rings (SSSR count). The van der Waals surface area contributed by atoms with Gasteiger partial charge in [0.25, 0.3) is 0 Å². The highest BCUT2D eigenvalue weighted by Gasteiger charge is 2.25. The molecule has 1 atom stereocenters. The molecule has 1 aromatic heterocycles. The Kier molecular flexibility index (Phi) is 8.46. The molecule has 0 aliphatic carbocycles. The predicted octanol–water partition coefficient (Wildman–Crippen LogP) is 3.47. The van der Waals surface area contributed by atoms with Crippen molar-refractivity contribution in [2.45, 2.75) is 39.3 Å². The van der Waals surface area contributed by atoms with Crippen LogP contribution in [0.5, 0.6) is 0 Å². The molecular formula is C19H26F2IN5O. The molecule has 1 fully saturated rings. The van der Waals surface area contributed by atoms with E-state index in [1.807, 2.05) is 24.8 Å². The molecule has 1 aliphatic heterocycles. The maximum atomic E-state index is 14.0. The highest BCUT2D eigenvalue weighted by Crippen LogP contribution is 2.24. The van der Waals surface area contributed by atoms with Crippen molar-refractivity contribution >= 4 is 35.6 Å². The molecular weight excluding hydrogens is 479 g/mol. The molecule has 1 unspecified atom stereocenters. The monoisotopic (exact) mass is 505 g/mol. The van der Waals surface area contributed by atoms with Crippen LogP contribution in [0.4, 0.5) is 14.5 Å². The van der Waals surface area contributed by atoms with Gasteiger partial charge in [-0.15, -0.1) is 24.0 Å². The molecule has 2 N–H and O–H groups in total. The van der Waals surface area contributed by atoms with Gasteiger partial charge < -0.3 is 20.1 Å². The topological polar surface area (TPSA) is 65.7 Å². The van der Waals surface area contributed by atoms with Crippen LogP contribution in [0.3, 0.4) is 0 Å². The van der Waals surface area contributed by atoms with E-state index in [1.54, 1.807) is 0 Å². The molecule has 2 aromatic rings. The molecule has 1 saturated heterocycles. The first-order valence-corrected chi connectivity index (χ1v) is 9.28. The van der Waals surface area contributed by atoms with Crippen molar-refractivity contribution in [1.29, 1.82) is 0 Å². The van der Waals surface area contributed by atoms with Crippen molar-refractivity contribution in [1.82, 2.24) is 15.8 Å². The van der Waals surface area contributed by atoms with Crippen LogP contribution in [0.1, 0.15) is 31.7 Å². The Morgan fingerprint density at radius 3 is 2.82 bits per heavy atom. The Morgan fingerprint density at radius 2 is 2.14 bits per heavy atom. The second kappa shape index (κ2) is 10.6. The Hall–Kier alpha value is -1.91. The second-order valence-corrected chi connectivity index (χ2v) is 6.50. The summed E-state index contributed by atoms with van der Waals surface area (Å²) in [6.45, 7) is 6.45. The normalized spacial score (nSPS) is 16.8. The molecule has 0 radical (unpaired) electrons. The van der Waals surface area contributed by atoms with Gasteiger partial charge in [0.2, 0.25) is 0 Å². The number of anilines is 1. The van der Waals surface area contributed by atoms with E-state index in [1.165, 1.54) is 12.1 Å². The SMILES string of the molecule is CCNC(=NCc1cc(CC)no1)NC1CCN(c2ccc(F)cc2F)C1.I. The van der Waals surface area contributed by atoms with Gasteiger partial charge in [-0.2, -0.15) is 0 Å². The molecule has 154 valence electrons. The van der Waals surface area contributed by atoms with Gasteiger partial charge in [0.1, 0.15) is 18.2 Å². The zero-order valence-corrected chi connectivity index (χ0v) is 18.4. The van der Waals surface area contributed by atoms with E-state index in [9.17, 15) is 8.78 Å². The number of nitrogens with one attached hydrogen (secondary N) is 2. The predicted molar refractivity (Wildman–Crippen MR) is 116 cm³/mol. The number of hydrogen-bond acceptors (Lipinski definition) is 4. The van der Waals surface area contributed by atoms with Crippen LogP contribution in [0, 0.1) is 11.6 Å². The molecule has 6 nitrogen and oxygen atoms in total. The Morgan fingerprint density at radius 1 is 1.32 bits per heavy atom. The quantitative estimate of drug-likeness (QED) is 0.358. The van der Waals surface area contributed by atoms with Crippen LogP contribution in [-0.4, -0.2) is 36.8 Å². The van der Waals surface area contributed by atoms with Crippen LogP contribution < -0.4 is 15.5 Å². The fraction of sp³-hybridized carbons (Fsp3) is 0.474. The fourth-order valence-electron chi connectivity index (χ4n) is 3.10. The summed E-state index contributed by atoms with van der Waals surface area (Å²) in [7, 11) is 0. The third-order valence-corrected chi connectivity index (χ3v) is 4.49. The first-order chi connectivity index (χ1) is 13.1. The number of aromatic nitrogens is 1. The van der Waals surface area contributed by atoms with Gasteiger partial charge in [-0.05, 0) is 31.9 Å². The van der Waals surface area contributed by atoms with Crippen LogP contribution in [0.15, 0.2) is 33.8 Å². The Bertz CT molecular complexity index is 798. The van der Waals surface area contributed by atoms with Gasteiger partial charge in [-0.1, -0.05) is 12.1 Å². The summed E-state index contributed by atoms with van der Waals surface area (Å²) in [4.78, 5) is 6.46. The second-order valence-electron chi connectivity index (χ2n) is 6.50. The van der Waals surface area contributed by atoms with E-state index < -0.39 is 11.6 Å². The number of rotatable bonds is 6. The van der Waals surface area contributed by atoms with Crippen molar-refractivity contribution in [2.75, 3.05) is 24.5 Å². The van der Waals surface area contributed by atoms with Gasteiger partial charge in [-0.25, -0.2) is 13.8 Å². The summed E-state index contributed by atoms with van der Waals surface area (Å²) in [5.74, 6) is 0.294. The van der Waals surface area contributed by atoms with Crippen molar-refractivity contribution in [3.63, 3.8) is 0 Å². The van der Waals surface area contributed by atoms with E-state index in [2.05, 4.69) is 20.8 Å². The zero-order valence-electron chi connectivity index (χ0n) is 16.0. The summed E-state index contributed by atoms with van der Waals surface area (Å²) >= 11 is 0. The van der Waals surface area contributed by atoms with Gasteiger partial charge in [0, 0.05) is 37.8 Å². The lowest BCUT2D eigenvalue weighted by Crippen LogP contribution is -2.44. The first kappa shape index (κ1) is 22.4. The van der Waals surface area contributed by atoms with E-state index in [4.69, 9.17) is 4.52 Å². The van der Waals surface area contributed by atoms with E-state index >= 15 is 0 Å². The number of guanidine groups is 1.